The number of Topliss-reactive ketones (excluding diaryl/α,β-unsaturated/α-hetero) is 1. The summed E-state index contributed by atoms with van der Waals surface area (Å²) >= 11 is 2.54. The number of carbonyl (C=O) groups excluding carboxylic acids is 1. The molecule has 0 spiro atoms. The van der Waals surface area contributed by atoms with Crippen molar-refractivity contribution in [1.82, 2.24) is 4.98 Å². The van der Waals surface area contributed by atoms with Crippen molar-refractivity contribution >= 4 is 46.0 Å². The van der Waals surface area contributed by atoms with Gasteiger partial charge in [-0.25, -0.2) is 4.98 Å². The zero-order valence-corrected chi connectivity index (χ0v) is 14.6. The van der Waals surface area contributed by atoms with E-state index < -0.39 is 11.9 Å². The van der Waals surface area contributed by atoms with Crippen LogP contribution >= 0.6 is 23.1 Å². The first-order valence-electron chi connectivity index (χ1n) is 7.41. The van der Waals surface area contributed by atoms with Gasteiger partial charge in [0, 0.05) is 11.6 Å². The molecule has 1 aromatic heterocycles. The Morgan fingerprint density at radius 2 is 2.12 bits per heavy atom. The molecule has 8 heteroatoms. The second-order valence-electron chi connectivity index (χ2n) is 5.20. The van der Waals surface area contributed by atoms with Crippen LogP contribution in [0, 0.1) is 5.41 Å². The Bertz CT molecular complexity index is 829. The maximum Gasteiger partial charge on any atom is 0.306 e. The Balaban J connectivity index is 1.70. The molecule has 1 aliphatic rings. The summed E-state index contributed by atoms with van der Waals surface area (Å²) < 4.78 is 5.33. The van der Waals surface area contributed by atoms with E-state index >= 15 is 0 Å². The fourth-order valence-electron chi connectivity index (χ4n) is 2.26. The Labute approximate surface area is 152 Å². The lowest BCUT2D eigenvalue weighted by atomic mass is 10.1. The Hall–Kier alpha value is -2.45. The maximum absolute atomic E-state index is 12.5. The predicted octanol–water partition coefficient (Wildman–Crippen LogP) is 3.41. The van der Waals surface area contributed by atoms with Gasteiger partial charge in [0.1, 0.15) is 16.7 Å². The lowest BCUT2D eigenvalue weighted by Crippen LogP contribution is -2.11. The summed E-state index contributed by atoms with van der Waals surface area (Å²) in [4.78, 5) is 27.7. The standard InChI is InChI=1S/C17H14N2O4S2/c18-16-14(17-19-6-8-24-17)15(22)12(25-16)9-10-1-3-11(4-2-10)23-7-5-13(20)21/h1-4,6,8-9,14,18H,5,7H2,(H,20,21). The number of hydrogen-bond acceptors (Lipinski definition) is 7. The van der Waals surface area contributed by atoms with E-state index in [-0.39, 0.29) is 18.8 Å². The average Bonchev–Trinajstić information content (AvgIpc) is 3.17. The third-order valence-corrected chi connectivity index (χ3v) is 5.28. The van der Waals surface area contributed by atoms with E-state index in [0.29, 0.717) is 20.7 Å². The van der Waals surface area contributed by atoms with Gasteiger partial charge in [0.25, 0.3) is 0 Å². The molecule has 1 saturated heterocycles. The van der Waals surface area contributed by atoms with Crippen molar-refractivity contribution in [3.05, 3.63) is 51.3 Å². The van der Waals surface area contributed by atoms with Gasteiger partial charge in [-0.1, -0.05) is 23.9 Å². The number of allylic oxidation sites excluding steroid dienone is 1. The first kappa shape index (κ1) is 17.4. The molecule has 128 valence electrons. The van der Waals surface area contributed by atoms with Crippen LogP contribution in [0.5, 0.6) is 5.75 Å². The minimum atomic E-state index is -0.907. The van der Waals surface area contributed by atoms with Crippen LogP contribution in [0.1, 0.15) is 22.9 Å². The quantitative estimate of drug-likeness (QED) is 0.752. The molecule has 0 radical (unpaired) electrons. The van der Waals surface area contributed by atoms with Crippen LogP contribution in [0.4, 0.5) is 0 Å². The zero-order chi connectivity index (χ0) is 17.8. The van der Waals surface area contributed by atoms with E-state index in [2.05, 4.69) is 4.98 Å². The van der Waals surface area contributed by atoms with Crippen molar-refractivity contribution in [2.24, 2.45) is 0 Å². The number of carboxylic acid groups (broad SMARTS) is 1. The molecule has 0 amide bonds. The van der Waals surface area contributed by atoms with Gasteiger partial charge >= 0.3 is 5.97 Å². The molecule has 2 heterocycles. The number of carbonyl (C=O) groups is 2. The number of thioether (sulfide) groups is 1. The SMILES string of the molecule is N=C1SC(=Cc2ccc(OCCC(=O)O)cc2)C(=O)C1c1nccs1. The van der Waals surface area contributed by atoms with E-state index in [1.807, 2.05) is 0 Å². The molecule has 1 unspecified atom stereocenters. The number of aromatic nitrogens is 1. The molecule has 1 atom stereocenters. The smallest absolute Gasteiger partial charge is 0.306 e. The predicted molar refractivity (Wildman–Crippen MR) is 97.3 cm³/mol. The number of ketones is 1. The van der Waals surface area contributed by atoms with Crippen LogP contribution in [-0.4, -0.2) is 33.5 Å². The summed E-state index contributed by atoms with van der Waals surface area (Å²) in [6.45, 7) is 0.108. The van der Waals surface area contributed by atoms with E-state index in [0.717, 1.165) is 17.3 Å². The van der Waals surface area contributed by atoms with E-state index in [1.165, 1.54) is 11.3 Å². The Morgan fingerprint density at radius 3 is 2.76 bits per heavy atom. The van der Waals surface area contributed by atoms with Crippen molar-refractivity contribution in [2.45, 2.75) is 12.3 Å². The summed E-state index contributed by atoms with van der Waals surface area (Å²) in [5.41, 5.74) is 0.814. The Morgan fingerprint density at radius 1 is 1.36 bits per heavy atom. The molecule has 0 saturated carbocycles. The fraction of sp³-hybridized carbons (Fsp3) is 0.176. The van der Waals surface area contributed by atoms with Gasteiger partial charge in [0.15, 0.2) is 5.78 Å². The van der Waals surface area contributed by atoms with Crippen molar-refractivity contribution in [2.75, 3.05) is 6.61 Å². The summed E-state index contributed by atoms with van der Waals surface area (Å²) in [5.74, 6) is -1.03. The number of nitrogens with zero attached hydrogens (tertiary/aromatic N) is 1. The highest BCUT2D eigenvalue weighted by molar-refractivity contribution is 8.19. The van der Waals surface area contributed by atoms with Crippen molar-refractivity contribution in [3.8, 4) is 5.75 Å². The molecule has 1 fully saturated rings. The highest BCUT2D eigenvalue weighted by atomic mass is 32.2. The van der Waals surface area contributed by atoms with Gasteiger partial charge in [-0.2, -0.15) is 0 Å². The van der Waals surface area contributed by atoms with Crippen LogP contribution in [0.3, 0.4) is 0 Å². The van der Waals surface area contributed by atoms with Gasteiger partial charge in [0.05, 0.1) is 23.0 Å². The van der Waals surface area contributed by atoms with E-state index in [9.17, 15) is 9.59 Å². The van der Waals surface area contributed by atoms with E-state index in [4.69, 9.17) is 15.3 Å². The zero-order valence-electron chi connectivity index (χ0n) is 13.0. The molecular formula is C17H14N2O4S2. The number of carboxylic acids is 1. The first-order chi connectivity index (χ1) is 12.0. The molecule has 0 bridgehead atoms. The number of rotatable bonds is 6. The van der Waals surface area contributed by atoms with Crippen molar-refractivity contribution in [1.29, 1.82) is 5.41 Å². The Kier molecular flexibility index (Phi) is 5.30. The lowest BCUT2D eigenvalue weighted by Gasteiger charge is -2.04. The molecule has 2 aromatic rings. The van der Waals surface area contributed by atoms with Gasteiger partial charge in [-0.15, -0.1) is 11.3 Å². The summed E-state index contributed by atoms with van der Waals surface area (Å²) in [5, 5.41) is 19.4. The molecular weight excluding hydrogens is 360 g/mol. The summed E-state index contributed by atoms with van der Waals surface area (Å²) in [6.07, 6.45) is 3.32. The van der Waals surface area contributed by atoms with Gasteiger partial charge in [-0.05, 0) is 23.8 Å². The van der Waals surface area contributed by atoms with Crippen LogP contribution < -0.4 is 4.74 Å². The largest absolute Gasteiger partial charge is 0.493 e. The second kappa shape index (κ2) is 7.62. The molecule has 1 aromatic carbocycles. The fourth-order valence-corrected chi connectivity index (χ4v) is 4.06. The molecule has 2 N–H and O–H groups in total. The minimum absolute atomic E-state index is 0.0583. The monoisotopic (exact) mass is 374 g/mol. The average molecular weight is 374 g/mol. The molecule has 25 heavy (non-hydrogen) atoms. The van der Waals surface area contributed by atoms with E-state index in [1.54, 1.807) is 41.9 Å². The van der Waals surface area contributed by atoms with Crippen LogP contribution in [0.15, 0.2) is 40.7 Å². The second-order valence-corrected chi connectivity index (χ2v) is 7.21. The van der Waals surface area contributed by atoms with Crippen LogP contribution in [0.2, 0.25) is 0 Å². The van der Waals surface area contributed by atoms with Crippen LogP contribution in [-0.2, 0) is 9.59 Å². The van der Waals surface area contributed by atoms with Gasteiger partial charge in [-0.3, -0.25) is 15.0 Å². The molecule has 0 aliphatic carbocycles. The normalized spacial score (nSPS) is 18.7. The minimum Gasteiger partial charge on any atom is -0.493 e. The topological polar surface area (TPSA) is 100 Å². The van der Waals surface area contributed by atoms with Crippen LogP contribution in [0.25, 0.3) is 6.08 Å². The molecule has 6 nitrogen and oxygen atoms in total. The van der Waals surface area contributed by atoms with Gasteiger partial charge < -0.3 is 9.84 Å². The summed E-state index contributed by atoms with van der Waals surface area (Å²) in [6, 6.07) is 7.03. The highest BCUT2D eigenvalue weighted by Gasteiger charge is 2.38. The van der Waals surface area contributed by atoms with Gasteiger partial charge in [0.2, 0.25) is 0 Å². The number of ether oxygens (including phenoxy) is 1. The highest BCUT2D eigenvalue weighted by Crippen LogP contribution is 2.41. The van der Waals surface area contributed by atoms with Crippen molar-refractivity contribution in [3.63, 3.8) is 0 Å². The third kappa shape index (κ3) is 4.15. The number of nitrogens with one attached hydrogen (secondary N) is 1. The van der Waals surface area contributed by atoms with Crippen molar-refractivity contribution < 1.29 is 19.4 Å². The number of aliphatic carboxylic acids is 1. The summed E-state index contributed by atoms with van der Waals surface area (Å²) in [7, 11) is 0. The molecule has 1 aliphatic heterocycles. The first-order valence-corrected chi connectivity index (χ1v) is 9.10. The third-order valence-electron chi connectivity index (χ3n) is 3.45. The number of hydrogen-bond donors (Lipinski definition) is 2. The number of benzene rings is 1. The molecule has 3 rings (SSSR count). The number of thiazole rings is 1. The lowest BCUT2D eigenvalue weighted by molar-refractivity contribution is -0.137. The maximum atomic E-state index is 12.5.